The summed E-state index contributed by atoms with van der Waals surface area (Å²) in [7, 11) is -6.01. The van der Waals surface area contributed by atoms with Crippen molar-refractivity contribution in [3.63, 3.8) is 0 Å². The van der Waals surface area contributed by atoms with Crippen LogP contribution < -0.4 is 0 Å². The maximum atomic E-state index is 11.7. The molecule has 0 unspecified atom stereocenters. The lowest BCUT2D eigenvalue weighted by Crippen LogP contribution is -2.39. The molecule has 0 saturated heterocycles. The van der Waals surface area contributed by atoms with E-state index in [9.17, 15) is 8.42 Å². The van der Waals surface area contributed by atoms with Gasteiger partial charge in [-0.3, -0.25) is 0 Å². The normalized spacial score (nSPS) is 11.8. The molecule has 0 atom stereocenters. The number of hydrogen-bond donors (Lipinski definition) is 0. The third-order valence-electron chi connectivity index (χ3n) is 2.17. The van der Waals surface area contributed by atoms with Gasteiger partial charge in [0.05, 0.1) is 5.75 Å². The fourth-order valence-electron chi connectivity index (χ4n) is 1.59. The van der Waals surface area contributed by atoms with Crippen molar-refractivity contribution < 1.29 is 12.3 Å². The average Bonchev–Trinajstić information content (AvgIpc) is 2.17. The Morgan fingerprint density at radius 2 is 1.29 bits per heavy atom. The standard InChI is InChI=1S/C12H20O3SSi/c1-5-9-16(13,14)15-17(10-6-2,11-7-3)12-8-4/h5-8H,1-4,9-12H2. The lowest BCUT2D eigenvalue weighted by Gasteiger charge is -2.27. The summed E-state index contributed by atoms with van der Waals surface area (Å²) in [6.07, 6.45) is 6.41. The molecule has 0 saturated carbocycles. The molecule has 0 aromatic rings. The first-order valence-corrected chi connectivity index (χ1v) is 9.43. The molecule has 0 fully saturated rings. The largest absolute Gasteiger partial charge is 0.313 e. The zero-order chi connectivity index (χ0) is 13.4. The molecule has 0 bridgehead atoms. The Morgan fingerprint density at radius 1 is 0.882 bits per heavy atom. The van der Waals surface area contributed by atoms with E-state index in [2.05, 4.69) is 26.3 Å². The highest BCUT2D eigenvalue weighted by Crippen LogP contribution is 2.26. The fraction of sp³-hybridized carbons (Fsp3) is 0.333. The van der Waals surface area contributed by atoms with Crippen LogP contribution in [0.5, 0.6) is 0 Å². The van der Waals surface area contributed by atoms with Crippen LogP contribution in [0.2, 0.25) is 18.1 Å². The summed E-state index contributed by atoms with van der Waals surface area (Å²) in [4.78, 5) is 0. The van der Waals surface area contributed by atoms with E-state index in [1.54, 1.807) is 18.2 Å². The first-order chi connectivity index (χ1) is 7.95. The molecular formula is C12H20O3SSi. The second-order valence-electron chi connectivity index (χ2n) is 3.76. The SMILES string of the molecule is C=CC[Si](CC=C)(CC=C)OS(=O)(=O)CC=C. The number of rotatable bonds is 10. The minimum absolute atomic E-state index is 0.173. The molecule has 0 N–H and O–H groups in total. The Kier molecular flexibility index (Phi) is 7.02. The number of allylic oxidation sites excluding steroid dienone is 3. The van der Waals surface area contributed by atoms with Crippen molar-refractivity contribution in [3.05, 3.63) is 50.6 Å². The van der Waals surface area contributed by atoms with Crippen LogP contribution in [0.1, 0.15) is 0 Å². The molecular weight excluding hydrogens is 252 g/mol. The average molecular weight is 272 g/mol. The van der Waals surface area contributed by atoms with E-state index in [1.807, 2.05) is 0 Å². The topological polar surface area (TPSA) is 43.4 Å². The molecule has 0 aromatic heterocycles. The highest BCUT2D eigenvalue weighted by molar-refractivity contribution is 7.87. The van der Waals surface area contributed by atoms with Gasteiger partial charge in [0.1, 0.15) is 0 Å². The first kappa shape index (κ1) is 16.1. The zero-order valence-electron chi connectivity index (χ0n) is 10.1. The third-order valence-corrected chi connectivity index (χ3v) is 8.35. The summed E-state index contributed by atoms with van der Waals surface area (Å²) in [5.41, 5.74) is 0. The molecule has 0 radical (unpaired) electrons. The second kappa shape index (κ2) is 7.42. The summed E-state index contributed by atoms with van der Waals surface area (Å²) in [6.45, 7) is 14.4. The van der Waals surface area contributed by atoms with Crippen LogP contribution in [0.3, 0.4) is 0 Å². The molecule has 5 heteroatoms. The highest BCUT2D eigenvalue weighted by atomic mass is 32.2. The van der Waals surface area contributed by atoms with Crippen LogP contribution in [0.4, 0.5) is 0 Å². The number of hydrogen-bond acceptors (Lipinski definition) is 3. The van der Waals surface area contributed by atoms with Crippen LogP contribution in [0.25, 0.3) is 0 Å². The molecule has 0 rings (SSSR count). The monoisotopic (exact) mass is 272 g/mol. The molecule has 0 aliphatic rings. The van der Waals surface area contributed by atoms with Gasteiger partial charge in [-0.05, 0) is 18.1 Å². The van der Waals surface area contributed by atoms with Crippen molar-refractivity contribution in [2.45, 2.75) is 18.1 Å². The molecule has 0 aliphatic heterocycles. The highest BCUT2D eigenvalue weighted by Gasteiger charge is 2.36. The minimum atomic E-state index is -3.56. The summed E-state index contributed by atoms with van der Waals surface area (Å²) in [6, 6.07) is 1.67. The van der Waals surface area contributed by atoms with Gasteiger partial charge in [-0.2, -0.15) is 0 Å². The van der Waals surface area contributed by atoms with Crippen molar-refractivity contribution in [1.29, 1.82) is 0 Å². The Labute approximate surface area is 105 Å². The van der Waals surface area contributed by atoms with Crippen LogP contribution in [-0.4, -0.2) is 22.5 Å². The van der Waals surface area contributed by atoms with E-state index in [1.165, 1.54) is 6.08 Å². The smallest absolute Gasteiger partial charge is 0.261 e. The third kappa shape index (κ3) is 5.81. The maximum Gasteiger partial charge on any atom is 0.261 e. The van der Waals surface area contributed by atoms with Crippen molar-refractivity contribution >= 4 is 18.4 Å². The van der Waals surface area contributed by atoms with Crippen molar-refractivity contribution in [1.82, 2.24) is 0 Å². The van der Waals surface area contributed by atoms with Gasteiger partial charge in [0.15, 0.2) is 0 Å². The summed E-state index contributed by atoms with van der Waals surface area (Å²) in [5, 5.41) is 0. The van der Waals surface area contributed by atoms with Crippen LogP contribution in [-0.2, 0) is 14.0 Å². The molecule has 17 heavy (non-hydrogen) atoms. The van der Waals surface area contributed by atoms with E-state index < -0.39 is 18.4 Å². The Morgan fingerprint density at radius 3 is 1.59 bits per heavy atom. The summed E-state index contributed by atoms with van der Waals surface area (Å²) >= 11 is 0. The lowest BCUT2D eigenvalue weighted by atomic mass is 10.7. The summed E-state index contributed by atoms with van der Waals surface area (Å²) < 4.78 is 28.8. The fourth-order valence-corrected chi connectivity index (χ4v) is 7.20. The van der Waals surface area contributed by atoms with Gasteiger partial charge in [0.2, 0.25) is 8.32 Å². The van der Waals surface area contributed by atoms with E-state index in [4.69, 9.17) is 3.87 Å². The Balaban J connectivity index is 5.12. The zero-order valence-corrected chi connectivity index (χ0v) is 11.9. The second-order valence-corrected chi connectivity index (χ2v) is 9.46. The van der Waals surface area contributed by atoms with E-state index in [0.717, 1.165) is 0 Å². The molecule has 0 heterocycles. The van der Waals surface area contributed by atoms with Gasteiger partial charge >= 0.3 is 0 Å². The van der Waals surface area contributed by atoms with Crippen molar-refractivity contribution in [2.24, 2.45) is 0 Å². The molecule has 0 aromatic carbocycles. The van der Waals surface area contributed by atoms with E-state index in [0.29, 0.717) is 18.1 Å². The molecule has 3 nitrogen and oxygen atoms in total. The van der Waals surface area contributed by atoms with Gasteiger partial charge in [0, 0.05) is 0 Å². The van der Waals surface area contributed by atoms with Crippen LogP contribution >= 0.6 is 0 Å². The molecule has 0 aliphatic carbocycles. The van der Waals surface area contributed by atoms with Crippen molar-refractivity contribution in [2.75, 3.05) is 5.75 Å². The van der Waals surface area contributed by atoms with Gasteiger partial charge in [-0.1, -0.05) is 24.3 Å². The van der Waals surface area contributed by atoms with E-state index in [-0.39, 0.29) is 5.75 Å². The van der Waals surface area contributed by atoms with Crippen molar-refractivity contribution in [3.8, 4) is 0 Å². The van der Waals surface area contributed by atoms with Gasteiger partial charge < -0.3 is 3.87 Å². The predicted molar refractivity (Wildman–Crippen MR) is 75.8 cm³/mol. The first-order valence-electron chi connectivity index (χ1n) is 5.32. The summed E-state index contributed by atoms with van der Waals surface area (Å²) in [5.74, 6) is -0.173. The molecule has 96 valence electrons. The Bertz CT molecular complexity index is 358. The van der Waals surface area contributed by atoms with Gasteiger partial charge in [0.25, 0.3) is 10.1 Å². The van der Waals surface area contributed by atoms with Crippen LogP contribution in [0.15, 0.2) is 50.6 Å². The molecule has 0 amide bonds. The minimum Gasteiger partial charge on any atom is -0.313 e. The predicted octanol–water partition coefficient (Wildman–Crippen LogP) is 3.02. The molecule has 0 spiro atoms. The van der Waals surface area contributed by atoms with Crippen LogP contribution in [0, 0.1) is 0 Å². The Hall–Kier alpha value is -0.913. The maximum absolute atomic E-state index is 11.7. The van der Waals surface area contributed by atoms with Gasteiger partial charge in [-0.25, -0.2) is 8.42 Å². The van der Waals surface area contributed by atoms with Gasteiger partial charge in [-0.15, -0.1) is 26.3 Å². The lowest BCUT2D eigenvalue weighted by molar-refractivity contribution is 0.482. The van der Waals surface area contributed by atoms with E-state index >= 15 is 0 Å². The quantitative estimate of drug-likeness (QED) is 0.453.